The zero-order valence-corrected chi connectivity index (χ0v) is 11.5. The summed E-state index contributed by atoms with van der Waals surface area (Å²) in [6, 6.07) is 4.91. The van der Waals surface area contributed by atoms with Gasteiger partial charge in [0, 0.05) is 33.7 Å². The molecule has 7 heteroatoms. The fraction of sp³-hybridized carbons (Fsp3) is 0.385. The number of phosphoric acid groups is 1. The van der Waals surface area contributed by atoms with Crippen molar-refractivity contribution < 1.29 is 23.0 Å². The number of H-pyrrole nitrogens is 1. The molecule has 6 nitrogen and oxygen atoms in total. The van der Waals surface area contributed by atoms with Crippen LogP contribution in [-0.2, 0) is 4.57 Å². The molecule has 0 bridgehead atoms. The number of phosphoric ester groups is 1. The molecule has 1 aliphatic rings. The summed E-state index contributed by atoms with van der Waals surface area (Å²) in [5.74, 6) is 0.0603. The molecule has 0 saturated carbocycles. The third-order valence-corrected chi connectivity index (χ3v) is 3.98. The van der Waals surface area contributed by atoms with E-state index >= 15 is 0 Å². The molecule has 1 fully saturated rings. The van der Waals surface area contributed by atoms with E-state index in [-0.39, 0.29) is 11.7 Å². The maximum atomic E-state index is 11.2. The lowest BCUT2D eigenvalue weighted by molar-refractivity contribution is 0.284. The number of rotatable bonds is 3. The van der Waals surface area contributed by atoms with Gasteiger partial charge in [0.05, 0.1) is 0 Å². The average Bonchev–Trinajstić information content (AvgIpc) is 3.02. The van der Waals surface area contributed by atoms with Crippen molar-refractivity contribution in [2.24, 2.45) is 0 Å². The highest BCUT2D eigenvalue weighted by atomic mass is 31.2. The van der Waals surface area contributed by atoms with Crippen LogP contribution in [0.1, 0.15) is 22.0 Å². The fourth-order valence-corrected chi connectivity index (χ4v) is 3.13. The largest absolute Gasteiger partial charge is 0.524 e. The second-order valence-electron chi connectivity index (χ2n) is 4.94. The van der Waals surface area contributed by atoms with Gasteiger partial charge in [0.25, 0.3) is 0 Å². The summed E-state index contributed by atoms with van der Waals surface area (Å²) in [6.45, 7) is -1.31. The van der Waals surface area contributed by atoms with Crippen LogP contribution >= 0.6 is 7.82 Å². The van der Waals surface area contributed by atoms with Crippen molar-refractivity contribution in [1.82, 2.24) is 9.88 Å². The number of aromatic nitrogens is 1. The predicted molar refractivity (Wildman–Crippen MR) is 75.8 cm³/mol. The summed E-state index contributed by atoms with van der Waals surface area (Å²) in [5.41, 5.74) is 1.51. The van der Waals surface area contributed by atoms with Crippen LogP contribution in [0.5, 0.6) is 5.75 Å². The molecule has 20 heavy (non-hydrogen) atoms. The number of hydrogen-bond acceptors (Lipinski definition) is 3. The Morgan fingerprint density at radius 2 is 2.40 bits per heavy atom. The Balaban J connectivity index is 1.98. The molecule has 108 valence electrons. The number of hydrogen-bond donors (Lipinski definition) is 3. The van der Waals surface area contributed by atoms with Crippen molar-refractivity contribution in [3.05, 3.63) is 30.0 Å². The van der Waals surface area contributed by atoms with Gasteiger partial charge in [-0.05, 0) is 37.6 Å². The zero-order valence-electron chi connectivity index (χ0n) is 13.6. The van der Waals surface area contributed by atoms with Crippen molar-refractivity contribution in [1.29, 1.82) is 0 Å². The molecule has 0 spiro atoms. The summed E-state index contributed by atoms with van der Waals surface area (Å²) in [6.07, 6.45) is 2.42. The number of nitrogens with zero attached hydrogens (tertiary/aromatic N) is 1. The third kappa shape index (κ3) is 2.60. The second-order valence-corrected chi connectivity index (χ2v) is 6.10. The molecule has 1 atom stereocenters. The van der Waals surface area contributed by atoms with E-state index in [9.17, 15) is 4.57 Å². The molecule has 2 heterocycles. The highest BCUT2D eigenvalue weighted by Crippen LogP contribution is 2.43. The Morgan fingerprint density at radius 3 is 3.10 bits per heavy atom. The number of likely N-dealkylation sites (tertiary alicyclic amines) is 1. The predicted octanol–water partition coefficient (Wildman–Crippen LogP) is 2.06. The molecule has 0 radical (unpaired) electrons. The minimum absolute atomic E-state index is 0.0364. The molecule has 1 aromatic heterocycles. The number of nitrogens with one attached hydrogen (secondary N) is 1. The molecule has 1 saturated heterocycles. The van der Waals surface area contributed by atoms with Crippen molar-refractivity contribution in [3.63, 3.8) is 0 Å². The molecule has 0 aliphatic carbocycles. The van der Waals surface area contributed by atoms with Gasteiger partial charge in [-0.3, -0.25) is 9.79 Å². The van der Waals surface area contributed by atoms with Crippen LogP contribution in [0.25, 0.3) is 10.9 Å². The van der Waals surface area contributed by atoms with Crippen LogP contribution in [0, 0.1) is 0 Å². The SMILES string of the molecule is [2H]C([2H])([2H])N1CC[C@H](c2c[nH]c3cccc(OP(=O)(O)O)c23)C1. The Morgan fingerprint density at radius 1 is 1.55 bits per heavy atom. The summed E-state index contributed by atoms with van der Waals surface area (Å²) in [4.78, 5) is 22.6. The van der Waals surface area contributed by atoms with Crippen molar-refractivity contribution >= 4 is 18.7 Å². The first kappa shape index (κ1) is 10.4. The lowest BCUT2D eigenvalue weighted by Gasteiger charge is -2.13. The van der Waals surface area contributed by atoms with Gasteiger partial charge in [-0.1, -0.05) is 6.07 Å². The van der Waals surface area contributed by atoms with Gasteiger partial charge in [0.1, 0.15) is 5.75 Å². The standard InChI is InChI=1S/C13H17N2O4P/c1-15-6-5-9(8-15)10-7-14-11-3-2-4-12(13(10)11)19-20(16,17)18/h2-4,7,9,14H,5-6,8H2,1H3,(H2,16,17,18)/t9-/m0/s1/i1D3. The van der Waals surface area contributed by atoms with Crippen LogP contribution in [-0.4, -0.2) is 39.7 Å². The Bertz CT molecular complexity index is 770. The Labute approximate surface area is 120 Å². The van der Waals surface area contributed by atoms with Gasteiger partial charge in [-0.25, -0.2) is 4.57 Å². The maximum Gasteiger partial charge on any atom is 0.524 e. The first-order valence-electron chi connectivity index (χ1n) is 7.75. The van der Waals surface area contributed by atoms with Crippen LogP contribution < -0.4 is 4.52 Å². The van der Waals surface area contributed by atoms with E-state index in [0.717, 1.165) is 5.56 Å². The van der Waals surface area contributed by atoms with Gasteiger partial charge in [-0.2, -0.15) is 0 Å². The van der Waals surface area contributed by atoms with Gasteiger partial charge < -0.3 is 14.4 Å². The molecule has 3 N–H and O–H groups in total. The average molecular weight is 299 g/mol. The van der Waals surface area contributed by atoms with E-state index in [2.05, 4.69) is 4.98 Å². The lowest BCUT2D eigenvalue weighted by atomic mass is 9.97. The van der Waals surface area contributed by atoms with Gasteiger partial charge in [0.15, 0.2) is 0 Å². The van der Waals surface area contributed by atoms with Gasteiger partial charge in [-0.15, -0.1) is 0 Å². The number of benzene rings is 1. The normalized spacial score (nSPS) is 23.5. The van der Waals surface area contributed by atoms with Gasteiger partial charge >= 0.3 is 7.82 Å². The number of fused-ring (bicyclic) bond motifs is 1. The van der Waals surface area contributed by atoms with E-state index in [1.54, 1.807) is 18.3 Å². The minimum Gasteiger partial charge on any atom is -0.404 e. The lowest BCUT2D eigenvalue weighted by Crippen LogP contribution is -2.13. The first-order valence-corrected chi connectivity index (χ1v) is 7.78. The maximum absolute atomic E-state index is 11.2. The van der Waals surface area contributed by atoms with Crippen LogP contribution in [0.4, 0.5) is 0 Å². The van der Waals surface area contributed by atoms with Crippen molar-refractivity contribution in [2.75, 3.05) is 20.1 Å². The fourth-order valence-electron chi connectivity index (χ4n) is 2.72. The van der Waals surface area contributed by atoms with E-state index in [1.165, 1.54) is 11.0 Å². The van der Waals surface area contributed by atoms with Crippen LogP contribution in [0.2, 0.25) is 0 Å². The van der Waals surface area contributed by atoms with E-state index < -0.39 is 14.8 Å². The van der Waals surface area contributed by atoms with Crippen LogP contribution in [0.3, 0.4) is 0 Å². The van der Waals surface area contributed by atoms with Gasteiger partial charge in [0.2, 0.25) is 0 Å². The smallest absolute Gasteiger partial charge is 0.404 e. The minimum atomic E-state index is -4.67. The molecule has 1 aromatic carbocycles. The highest BCUT2D eigenvalue weighted by Gasteiger charge is 2.26. The molecule has 1 aliphatic heterocycles. The van der Waals surface area contributed by atoms with E-state index in [0.29, 0.717) is 30.4 Å². The Hall–Kier alpha value is -1.33. The molecule has 0 unspecified atom stereocenters. The molecule has 3 rings (SSSR count). The van der Waals surface area contributed by atoms with Crippen LogP contribution in [0.15, 0.2) is 24.4 Å². The highest BCUT2D eigenvalue weighted by molar-refractivity contribution is 7.46. The van der Waals surface area contributed by atoms with Crippen molar-refractivity contribution in [2.45, 2.75) is 12.3 Å². The van der Waals surface area contributed by atoms with E-state index in [4.69, 9.17) is 18.4 Å². The second kappa shape index (κ2) is 4.90. The summed E-state index contributed by atoms with van der Waals surface area (Å²) in [5, 5.41) is 0.591. The third-order valence-electron chi connectivity index (χ3n) is 3.54. The molecular weight excluding hydrogens is 279 g/mol. The first-order chi connectivity index (χ1) is 10.6. The summed E-state index contributed by atoms with van der Waals surface area (Å²) < 4.78 is 38.4. The topological polar surface area (TPSA) is 85.8 Å². The summed E-state index contributed by atoms with van der Waals surface area (Å²) >= 11 is 0. The quantitative estimate of drug-likeness (QED) is 0.755. The van der Waals surface area contributed by atoms with Crippen molar-refractivity contribution in [3.8, 4) is 5.75 Å². The zero-order chi connectivity index (χ0) is 16.8. The number of aromatic amines is 1. The molecule has 0 amide bonds. The molecular formula is C13H17N2O4P. The summed E-state index contributed by atoms with van der Waals surface area (Å²) in [7, 11) is -4.67. The number of likely N-dealkylation sites (N-methyl/N-ethyl adjacent to an activating group) is 1. The monoisotopic (exact) mass is 299 g/mol. The molecule has 2 aromatic rings. The Kier molecular flexibility index (Phi) is 2.55. The van der Waals surface area contributed by atoms with E-state index in [1.807, 2.05) is 0 Å².